The van der Waals surface area contributed by atoms with Crippen LogP contribution in [0.1, 0.15) is 22.3 Å². The smallest absolute Gasteiger partial charge is 0.251 e. The second-order valence-corrected chi connectivity index (χ2v) is 5.71. The number of amides is 2. The van der Waals surface area contributed by atoms with E-state index in [2.05, 4.69) is 10.6 Å². The van der Waals surface area contributed by atoms with Gasteiger partial charge in [0.2, 0.25) is 5.91 Å². The third-order valence-corrected chi connectivity index (χ3v) is 3.96. The van der Waals surface area contributed by atoms with Crippen molar-refractivity contribution in [3.63, 3.8) is 0 Å². The number of ether oxygens (including phenoxy) is 2. The number of anilines is 1. The fourth-order valence-electron chi connectivity index (χ4n) is 2.58. The first-order valence-corrected chi connectivity index (χ1v) is 8.13. The molecule has 6 nitrogen and oxygen atoms in total. The van der Waals surface area contributed by atoms with Gasteiger partial charge in [-0.15, -0.1) is 0 Å². The summed E-state index contributed by atoms with van der Waals surface area (Å²) in [6.45, 7) is 0.858. The fourth-order valence-corrected chi connectivity index (χ4v) is 2.58. The zero-order valence-electron chi connectivity index (χ0n) is 14.0. The van der Waals surface area contributed by atoms with Gasteiger partial charge in [-0.05, 0) is 42.3 Å². The number of fused-ring (bicyclic) bond motifs is 1. The third-order valence-electron chi connectivity index (χ3n) is 3.96. The van der Waals surface area contributed by atoms with Crippen LogP contribution < -0.4 is 20.1 Å². The SMILES string of the molecule is COc1ccc(CCNC(=O)c2ccc3c(c2)NC(=O)CCO3)cc1. The van der Waals surface area contributed by atoms with E-state index in [4.69, 9.17) is 9.47 Å². The van der Waals surface area contributed by atoms with Crippen LogP contribution in [0.3, 0.4) is 0 Å². The van der Waals surface area contributed by atoms with E-state index in [0.29, 0.717) is 36.6 Å². The zero-order valence-corrected chi connectivity index (χ0v) is 14.0. The first-order valence-electron chi connectivity index (χ1n) is 8.13. The van der Waals surface area contributed by atoms with Gasteiger partial charge >= 0.3 is 0 Å². The van der Waals surface area contributed by atoms with Crippen LogP contribution in [0.4, 0.5) is 5.69 Å². The van der Waals surface area contributed by atoms with E-state index in [1.807, 2.05) is 24.3 Å². The van der Waals surface area contributed by atoms with E-state index in [9.17, 15) is 9.59 Å². The van der Waals surface area contributed by atoms with Crippen LogP contribution in [-0.4, -0.2) is 32.1 Å². The summed E-state index contributed by atoms with van der Waals surface area (Å²) in [6, 6.07) is 12.8. The van der Waals surface area contributed by atoms with E-state index < -0.39 is 0 Å². The molecule has 0 fully saturated rings. The van der Waals surface area contributed by atoms with Crippen molar-refractivity contribution >= 4 is 17.5 Å². The molecule has 2 amide bonds. The average molecular weight is 340 g/mol. The molecule has 6 heteroatoms. The maximum atomic E-state index is 12.3. The minimum Gasteiger partial charge on any atom is -0.497 e. The fraction of sp³-hybridized carbons (Fsp3) is 0.263. The quantitative estimate of drug-likeness (QED) is 0.876. The highest BCUT2D eigenvalue weighted by atomic mass is 16.5. The van der Waals surface area contributed by atoms with Crippen LogP contribution in [0, 0.1) is 0 Å². The Morgan fingerprint density at radius 3 is 2.80 bits per heavy atom. The lowest BCUT2D eigenvalue weighted by molar-refractivity contribution is -0.116. The first-order chi connectivity index (χ1) is 12.2. The molecule has 0 saturated carbocycles. The molecule has 0 aromatic heterocycles. The predicted octanol–water partition coefficient (Wildman–Crippen LogP) is 2.39. The summed E-state index contributed by atoms with van der Waals surface area (Å²) in [6.07, 6.45) is 1.03. The topological polar surface area (TPSA) is 76.7 Å². The van der Waals surface area contributed by atoms with Gasteiger partial charge in [0.1, 0.15) is 11.5 Å². The molecule has 0 bridgehead atoms. The zero-order chi connectivity index (χ0) is 17.6. The highest BCUT2D eigenvalue weighted by Gasteiger charge is 2.16. The van der Waals surface area contributed by atoms with Crippen molar-refractivity contribution in [3.8, 4) is 11.5 Å². The molecule has 0 saturated heterocycles. The summed E-state index contributed by atoms with van der Waals surface area (Å²) < 4.78 is 10.6. The number of rotatable bonds is 5. The standard InChI is InChI=1S/C19H20N2O4/c1-24-15-5-2-13(3-6-15)8-10-20-19(23)14-4-7-17-16(12-14)21-18(22)9-11-25-17/h2-7,12H,8-11H2,1H3,(H,20,23)(H,21,22). The molecule has 1 heterocycles. The largest absolute Gasteiger partial charge is 0.497 e. The highest BCUT2D eigenvalue weighted by Crippen LogP contribution is 2.28. The molecule has 3 rings (SSSR count). The average Bonchev–Trinajstić information content (AvgIpc) is 2.82. The summed E-state index contributed by atoms with van der Waals surface area (Å²) in [5.41, 5.74) is 2.13. The molecule has 25 heavy (non-hydrogen) atoms. The highest BCUT2D eigenvalue weighted by molar-refractivity contribution is 5.98. The normalized spacial score (nSPS) is 13.1. The van der Waals surface area contributed by atoms with E-state index >= 15 is 0 Å². The number of hydrogen-bond acceptors (Lipinski definition) is 4. The minimum absolute atomic E-state index is 0.115. The summed E-state index contributed by atoms with van der Waals surface area (Å²) in [5.74, 6) is 1.09. The molecular weight excluding hydrogens is 320 g/mol. The maximum absolute atomic E-state index is 12.3. The van der Waals surface area contributed by atoms with Gasteiger partial charge < -0.3 is 20.1 Å². The molecule has 130 valence electrons. The lowest BCUT2D eigenvalue weighted by Crippen LogP contribution is -2.25. The van der Waals surface area contributed by atoms with Crippen LogP contribution in [0.2, 0.25) is 0 Å². The van der Waals surface area contributed by atoms with E-state index in [1.54, 1.807) is 25.3 Å². The van der Waals surface area contributed by atoms with Gasteiger partial charge in [0.05, 0.1) is 25.8 Å². The molecular formula is C19H20N2O4. The lowest BCUT2D eigenvalue weighted by atomic mass is 10.1. The van der Waals surface area contributed by atoms with Gasteiger partial charge in [-0.3, -0.25) is 9.59 Å². The van der Waals surface area contributed by atoms with E-state index in [-0.39, 0.29) is 11.8 Å². The monoisotopic (exact) mass is 340 g/mol. The van der Waals surface area contributed by atoms with Crippen molar-refractivity contribution < 1.29 is 19.1 Å². The van der Waals surface area contributed by atoms with Crippen LogP contribution in [0.25, 0.3) is 0 Å². The van der Waals surface area contributed by atoms with E-state index in [0.717, 1.165) is 17.7 Å². The van der Waals surface area contributed by atoms with Gasteiger partial charge in [-0.2, -0.15) is 0 Å². The molecule has 2 aromatic rings. The van der Waals surface area contributed by atoms with E-state index in [1.165, 1.54) is 0 Å². The Kier molecular flexibility index (Phi) is 5.18. The predicted molar refractivity (Wildman–Crippen MR) is 94.2 cm³/mol. The molecule has 0 unspecified atom stereocenters. The number of carbonyl (C=O) groups excluding carboxylic acids is 2. The van der Waals surface area contributed by atoms with Crippen LogP contribution in [0.15, 0.2) is 42.5 Å². The number of methoxy groups -OCH3 is 1. The Bertz CT molecular complexity index is 771. The summed E-state index contributed by atoms with van der Waals surface area (Å²) in [5, 5.41) is 5.64. The minimum atomic E-state index is -0.185. The van der Waals surface area contributed by atoms with Crippen LogP contribution >= 0.6 is 0 Å². The second kappa shape index (κ2) is 7.70. The second-order valence-electron chi connectivity index (χ2n) is 5.71. The number of benzene rings is 2. The molecule has 0 spiro atoms. The van der Waals surface area contributed by atoms with Crippen molar-refractivity contribution in [2.45, 2.75) is 12.8 Å². The summed E-state index contributed by atoms with van der Waals surface area (Å²) >= 11 is 0. The first kappa shape index (κ1) is 16.8. The summed E-state index contributed by atoms with van der Waals surface area (Å²) in [4.78, 5) is 23.9. The van der Waals surface area contributed by atoms with Gasteiger partial charge in [0, 0.05) is 12.1 Å². The van der Waals surface area contributed by atoms with Crippen LogP contribution in [0.5, 0.6) is 11.5 Å². The number of carbonyl (C=O) groups is 2. The number of nitrogens with one attached hydrogen (secondary N) is 2. The van der Waals surface area contributed by atoms with Crippen molar-refractivity contribution in [2.75, 3.05) is 25.6 Å². The van der Waals surface area contributed by atoms with Crippen molar-refractivity contribution in [3.05, 3.63) is 53.6 Å². The Hall–Kier alpha value is -3.02. The van der Waals surface area contributed by atoms with Crippen molar-refractivity contribution in [1.82, 2.24) is 5.32 Å². The van der Waals surface area contributed by atoms with Gasteiger partial charge in [0.15, 0.2) is 0 Å². The molecule has 1 aliphatic rings. The van der Waals surface area contributed by atoms with Gasteiger partial charge in [-0.1, -0.05) is 12.1 Å². The molecule has 0 aliphatic carbocycles. The lowest BCUT2D eigenvalue weighted by Gasteiger charge is -2.10. The van der Waals surface area contributed by atoms with Gasteiger partial charge in [-0.25, -0.2) is 0 Å². The Balaban J connectivity index is 1.58. The van der Waals surface area contributed by atoms with Crippen molar-refractivity contribution in [2.24, 2.45) is 0 Å². The molecule has 1 aliphatic heterocycles. The van der Waals surface area contributed by atoms with Gasteiger partial charge in [0.25, 0.3) is 5.91 Å². The maximum Gasteiger partial charge on any atom is 0.251 e. The third kappa shape index (κ3) is 4.29. The molecule has 0 radical (unpaired) electrons. The molecule has 0 atom stereocenters. The molecule has 2 aromatic carbocycles. The van der Waals surface area contributed by atoms with Crippen LogP contribution in [-0.2, 0) is 11.2 Å². The summed E-state index contributed by atoms with van der Waals surface area (Å²) in [7, 11) is 1.63. The Labute approximate surface area is 146 Å². The van der Waals surface area contributed by atoms with Crippen molar-refractivity contribution in [1.29, 1.82) is 0 Å². The number of hydrogen-bond donors (Lipinski definition) is 2. The molecule has 2 N–H and O–H groups in total. The Morgan fingerprint density at radius 2 is 2.04 bits per heavy atom. The Morgan fingerprint density at radius 1 is 1.24 bits per heavy atom.